The zero-order valence-corrected chi connectivity index (χ0v) is 7.23. The maximum absolute atomic E-state index is 10.6. The summed E-state index contributed by atoms with van der Waals surface area (Å²) in [5.74, 6) is 0. The lowest BCUT2D eigenvalue weighted by Crippen LogP contribution is -2.34. The van der Waals surface area contributed by atoms with Crippen LogP contribution < -0.4 is 5.32 Å². The Morgan fingerprint density at radius 3 is 3.09 bits per heavy atom. The molecule has 3 nitrogen and oxygen atoms in total. The first-order valence-electron chi connectivity index (χ1n) is 3.81. The number of hydrogen-bond acceptors (Lipinski definition) is 2. The van der Waals surface area contributed by atoms with E-state index in [0.717, 1.165) is 12.8 Å². The Morgan fingerprint density at radius 1 is 1.91 bits per heavy atom. The molecule has 1 N–H and O–H groups in total. The zero-order chi connectivity index (χ0) is 8.27. The average Bonchev–Trinajstić information content (AvgIpc) is 2.36. The molecule has 1 saturated heterocycles. The number of rotatable bonds is 3. The number of hydrogen-bond donors (Lipinski definition) is 1. The molecule has 0 radical (unpaired) electrons. The first-order valence-corrected chi connectivity index (χ1v) is 4.25. The molecule has 1 aliphatic rings. The number of alkyl carbamates (subject to hydrolysis) is 1. The Hall–Kier alpha value is -0.440. The molecule has 0 saturated carbocycles. The number of cyclic esters (lactones) is 1. The SMILES string of the molecule is CCC[C@H](Cl)[C@H]1COC(=O)N1. The molecule has 1 fully saturated rings. The lowest BCUT2D eigenvalue weighted by molar-refractivity contribution is 0.176. The average molecular weight is 178 g/mol. The van der Waals surface area contributed by atoms with Gasteiger partial charge in [-0.1, -0.05) is 13.3 Å². The van der Waals surface area contributed by atoms with Gasteiger partial charge in [-0.2, -0.15) is 0 Å². The van der Waals surface area contributed by atoms with Crippen LogP contribution in [-0.4, -0.2) is 24.1 Å². The minimum absolute atomic E-state index is 0.00381. The van der Waals surface area contributed by atoms with E-state index in [4.69, 9.17) is 16.3 Å². The number of nitrogens with one attached hydrogen (secondary N) is 1. The van der Waals surface area contributed by atoms with Gasteiger partial charge in [0.05, 0.1) is 11.4 Å². The maximum Gasteiger partial charge on any atom is 0.407 e. The van der Waals surface area contributed by atoms with E-state index in [0.29, 0.717) is 6.61 Å². The van der Waals surface area contributed by atoms with Crippen LogP contribution >= 0.6 is 11.6 Å². The number of ether oxygens (including phenoxy) is 1. The molecule has 0 spiro atoms. The smallest absolute Gasteiger partial charge is 0.407 e. The van der Waals surface area contributed by atoms with Crippen molar-refractivity contribution < 1.29 is 9.53 Å². The van der Waals surface area contributed by atoms with E-state index in [2.05, 4.69) is 12.2 Å². The molecule has 1 aliphatic heterocycles. The Kier molecular flexibility index (Phi) is 3.00. The van der Waals surface area contributed by atoms with E-state index in [-0.39, 0.29) is 17.5 Å². The summed E-state index contributed by atoms with van der Waals surface area (Å²) in [4.78, 5) is 10.6. The van der Waals surface area contributed by atoms with Crippen molar-refractivity contribution in [3.63, 3.8) is 0 Å². The number of carbonyl (C=O) groups excluding carboxylic acids is 1. The van der Waals surface area contributed by atoms with Crippen molar-refractivity contribution in [3.05, 3.63) is 0 Å². The van der Waals surface area contributed by atoms with Gasteiger partial charge in [-0.3, -0.25) is 0 Å². The van der Waals surface area contributed by atoms with Gasteiger partial charge >= 0.3 is 6.09 Å². The molecule has 1 heterocycles. The topological polar surface area (TPSA) is 38.3 Å². The van der Waals surface area contributed by atoms with E-state index >= 15 is 0 Å². The van der Waals surface area contributed by atoms with Crippen molar-refractivity contribution in [2.75, 3.05) is 6.61 Å². The Balaban J connectivity index is 2.30. The van der Waals surface area contributed by atoms with Gasteiger partial charge in [0, 0.05) is 0 Å². The van der Waals surface area contributed by atoms with Gasteiger partial charge in [-0.15, -0.1) is 11.6 Å². The number of halogens is 1. The van der Waals surface area contributed by atoms with E-state index in [1.807, 2.05) is 0 Å². The molecule has 64 valence electrons. The standard InChI is InChI=1S/C7H12ClNO2/c1-2-3-5(8)6-4-11-7(10)9-6/h5-6H,2-4H2,1H3,(H,9,10)/t5-,6+/m0/s1. The molecule has 1 amide bonds. The molecule has 0 aliphatic carbocycles. The third-order valence-corrected chi connectivity index (χ3v) is 2.22. The van der Waals surface area contributed by atoms with Crippen LogP contribution in [0.1, 0.15) is 19.8 Å². The maximum atomic E-state index is 10.6. The fourth-order valence-electron chi connectivity index (χ4n) is 1.07. The monoisotopic (exact) mass is 177 g/mol. The lowest BCUT2D eigenvalue weighted by Gasteiger charge is -2.12. The molecule has 0 bridgehead atoms. The van der Waals surface area contributed by atoms with E-state index < -0.39 is 0 Å². The first-order chi connectivity index (χ1) is 5.24. The minimum Gasteiger partial charge on any atom is -0.447 e. The van der Waals surface area contributed by atoms with Crippen LogP contribution in [0.5, 0.6) is 0 Å². The number of alkyl halides is 1. The Labute approximate surface area is 71.1 Å². The molecule has 0 aromatic heterocycles. The van der Waals surface area contributed by atoms with Crippen molar-refractivity contribution in [2.24, 2.45) is 0 Å². The molecule has 0 aromatic carbocycles. The van der Waals surface area contributed by atoms with Crippen molar-refractivity contribution in [1.82, 2.24) is 5.32 Å². The highest BCUT2D eigenvalue weighted by Crippen LogP contribution is 2.13. The normalized spacial score (nSPS) is 26.0. The van der Waals surface area contributed by atoms with Crippen LogP contribution in [0.3, 0.4) is 0 Å². The fraction of sp³-hybridized carbons (Fsp3) is 0.857. The summed E-state index contributed by atoms with van der Waals surface area (Å²) < 4.78 is 4.70. The molecule has 4 heteroatoms. The van der Waals surface area contributed by atoms with E-state index in [1.54, 1.807) is 0 Å². The van der Waals surface area contributed by atoms with Gasteiger partial charge in [-0.25, -0.2) is 4.79 Å². The second-order valence-electron chi connectivity index (χ2n) is 2.65. The molecule has 11 heavy (non-hydrogen) atoms. The summed E-state index contributed by atoms with van der Waals surface area (Å²) in [5, 5.41) is 2.65. The summed E-state index contributed by atoms with van der Waals surface area (Å²) in [6.07, 6.45) is 1.59. The van der Waals surface area contributed by atoms with Crippen LogP contribution in [0.4, 0.5) is 4.79 Å². The fourth-order valence-corrected chi connectivity index (χ4v) is 1.43. The zero-order valence-electron chi connectivity index (χ0n) is 6.47. The van der Waals surface area contributed by atoms with Gasteiger partial charge < -0.3 is 10.1 Å². The highest BCUT2D eigenvalue weighted by atomic mass is 35.5. The number of carbonyl (C=O) groups is 1. The quantitative estimate of drug-likeness (QED) is 0.664. The minimum atomic E-state index is -0.350. The third kappa shape index (κ3) is 2.26. The van der Waals surface area contributed by atoms with Crippen molar-refractivity contribution in [2.45, 2.75) is 31.2 Å². The van der Waals surface area contributed by atoms with Gasteiger partial charge in [0.2, 0.25) is 0 Å². The van der Waals surface area contributed by atoms with Crippen molar-refractivity contribution in [3.8, 4) is 0 Å². The van der Waals surface area contributed by atoms with Gasteiger partial charge in [-0.05, 0) is 6.42 Å². The Bertz CT molecular complexity index is 151. The molecule has 0 aromatic rings. The third-order valence-electron chi connectivity index (χ3n) is 1.70. The van der Waals surface area contributed by atoms with E-state index in [9.17, 15) is 4.79 Å². The molecular formula is C7H12ClNO2. The molecule has 0 unspecified atom stereocenters. The van der Waals surface area contributed by atoms with Gasteiger partial charge in [0.15, 0.2) is 0 Å². The van der Waals surface area contributed by atoms with Crippen LogP contribution in [-0.2, 0) is 4.74 Å². The van der Waals surface area contributed by atoms with Crippen LogP contribution in [0.25, 0.3) is 0 Å². The van der Waals surface area contributed by atoms with Crippen molar-refractivity contribution in [1.29, 1.82) is 0 Å². The highest BCUT2D eigenvalue weighted by Gasteiger charge is 2.27. The van der Waals surface area contributed by atoms with E-state index in [1.165, 1.54) is 0 Å². The molecule has 2 atom stereocenters. The summed E-state index contributed by atoms with van der Waals surface area (Å²) in [5.41, 5.74) is 0. The van der Waals surface area contributed by atoms with Gasteiger partial charge in [0.1, 0.15) is 6.61 Å². The van der Waals surface area contributed by atoms with Crippen LogP contribution in [0.2, 0.25) is 0 Å². The number of amides is 1. The largest absolute Gasteiger partial charge is 0.447 e. The lowest BCUT2D eigenvalue weighted by atomic mass is 10.1. The summed E-state index contributed by atoms with van der Waals surface area (Å²) in [6.45, 7) is 2.47. The summed E-state index contributed by atoms with van der Waals surface area (Å²) in [6, 6.07) is 0.00381. The van der Waals surface area contributed by atoms with Crippen LogP contribution in [0.15, 0.2) is 0 Å². The predicted octanol–water partition coefficient (Wildman–Crippen LogP) is 1.50. The molecule has 1 rings (SSSR count). The van der Waals surface area contributed by atoms with Gasteiger partial charge in [0.25, 0.3) is 0 Å². The summed E-state index contributed by atoms with van der Waals surface area (Å²) >= 11 is 5.96. The summed E-state index contributed by atoms with van der Waals surface area (Å²) in [7, 11) is 0. The highest BCUT2D eigenvalue weighted by molar-refractivity contribution is 6.21. The first kappa shape index (κ1) is 8.65. The van der Waals surface area contributed by atoms with Crippen molar-refractivity contribution >= 4 is 17.7 Å². The Morgan fingerprint density at radius 2 is 2.64 bits per heavy atom. The second-order valence-corrected chi connectivity index (χ2v) is 3.21. The second kappa shape index (κ2) is 3.81. The van der Waals surface area contributed by atoms with Crippen LogP contribution in [0, 0.1) is 0 Å². The molecular weight excluding hydrogens is 166 g/mol. The predicted molar refractivity (Wildman–Crippen MR) is 42.8 cm³/mol.